The predicted molar refractivity (Wildman–Crippen MR) is 146 cm³/mol. The van der Waals surface area contributed by atoms with Crippen molar-refractivity contribution in [3.8, 4) is 0 Å². The molecule has 0 radical (unpaired) electrons. The summed E-state index contributed by atoms with van der Waals surface area (Å²) in [7, 11) is 0. The van der Waals surface area contributed by atoms with Gasteiger partial charge in [0.05, 0.1) is 0 Å². The predicted octanol–water partition coefficient (Wildman–Crippen LogP) is 6.33. The molecule has 0 saturated heterocycles. The van der Waals surface area contributed by atoms with E-state index in [-0.39, 0.29) is 0 Å². The lowest BCUT2D eigenvalue weighted by molar-refractivity contribution is 0.107. The van der Waals surface area contributed by atoms with E-state index in [1.54, 1.807) is 23.5 Å². The lowest BCUT2D eigenvalue weighted by atomic mass is 9.88. The van der Waals surface area contributed by atoms with Crippen molar-refractivity contribution in [2.45, 2.75) is 11.2 Å². The Morgan fingerprint density at radius 2 is 0.647 bits per heavy atom. The van der Waals surface area contributed by atoms with Crippen LogP contribution >= 0.6 is 23.5 Å². The molecule has 4 heteroatoms. The smallest absolute Gasteiger partial charge is 0.124 e. The summed E-state index contributed by atoms with van der Waals surface area (Å²) in [6, 6.07) is 39.6. The molecule has 4 aromatic carbocycles. The molecular formula is C30H30O2S2. The van der Waals surface area contributed by atoms with Gasteiger partial charge in [-0.3, -0.25) is 0 Å². The molecule has 0 bridgehead atoms. The first kappa shape index (κ1) is 24.6. The van der Waals surface area contributed by atoms with Crippen molar-refractivity contribution in [1.29, 1.82) is 0 Å². The van der Waals surface area contributed by atoms with E-state index in [1.807, 2.05) is 121 Å². The molecule has 0 unspecified atom stereocenters. The molecule has 174 valence electrons. The normalized spacial score (nSPS) is 11.9. The highest BCUT2D eigenvalue weighted by atomic mass is 32.2. The lowest BCUT2D eigenvalue weighted by Crippen LogP contribution is -2.31. The van der Waals surface area contributed by atoms with Gasteiger partial charge in [-0.25, -0.2) is 0 Å². The summed E-state index contributed by atoms with van der Waals surface area (Å²) in [5.74, 6) is 2.91. The van der Waals surface area contributed by atoms with Crippen LogP contribution in [0.3, 0.4) is 0 Å². The standard InChI is InChI=1S/C30H30O2S2/c31-29(25-13-5-1-6-14-25,26-15-7-2-8-16-26)23-33-21-22-34-24-30(32,27-17-9-3-10-18-27)28-19-11-4-12-20-28/h1-20,31-32H,21-24H2. The lowest BCUT2D eigenvalue weighted by Gasteiger charge is -2.30. The largest absolute Gasteiger partial charge is 0.380 e. The number of aliphatic hydroxyl groups is 2. The number of thioether (sulfide) groups is 2. The van der Waals surface area contributed by atoms with Gasteiger partial charge < -0.3 is 10.2 Å². The summed E-state index contributed by atoms with van der Waals surface area (Å²) in [5.41, 5.74) is 1.56. The second-order valence-electron chi connectivity index (χ2n) is 8.29. The molecule has 0 saturated carbocycles. The van der Waals surface area contributed by atoms with E-state index in [0.29, 0.717) is 11.5 Å². The molecule has 0 fully saturated rings. The maximum absolute atomic E-state index is 11.7. The molecule has 0 heterocycles. The molecule has 0 amide bonds. The quantitative estimate of drug-likeness (QED) is 0.243. The first-order valence-corrected chi connectivity index (χ1v) is 13.8. The van der Waals surface area contributed by atoms with Crippen LogP contribution in [0, 0.1) is 0 Å². The van der Waals surface area contributed by atoms with Crippen molar-refractivity contribution in [3.05, 3.63) is 144 Å². The van der Waals surface area contributed by atoms with Crippen molar-refractivity contribution in [1.82, 2.24) is 0 Å². The first-order chi connectivity index (χ1) is 16.6. The molecule has 34 heavy (non-hydrogen) atoms. The van der Waals surface area contributed by atoms with E-state index in [9.17, 15) is 10.2 Å². The van der Waals surface area contributed by atoms with Crippen LogP contribution in [0.15, 0.2) is 121 Å². The minimum Gasteiger partial charge on any atom is -0.380 e. The molecule has 0 atom stereocenters. The first-order valence-electron chi connectivity index (χ1n) is 11.5. The molecule has 0 aliphatic carbocycles. The Hall–Kier alpha value is -2.50. The maximum Gasteiger partial charge on any atom is 0.124 e. The highest BCUT2D eigenvalue weighted by Gasteiger charge is 2.32. The van der Waals surface area contributed by atoms with Crippen LogP contribution in [0.4, 0.5) is 0 Å². The Bertz CT molecular complexity index is 948. The van der Waals surface area contributed by atoms with Crippen molar-refractivity contribution >= 4 is 23.5 Å². The Morgan fingerprint density at radius 3 is 0.882 bits per heavy atom. The van der Waals surface area contributed by atoms with Crippen molar-refractivity contribution in [2.75, 3.05) is 23.0 Å². The SMILES string of the molecule is OC(CSCCSCC(O)(c1ccccc1)c1ccccc1)(c1ccccc1)c1ccccc1. The summed E-state index contributed by atoms with van der Waals surface area (Å²) in [6.07, 6.45) is 0. The van der Waals surface area contributed by atoms with Crippen LogP contribution in [0.1, 0.15) is 22.3 Å². The highest BCUT2D eigenvalue weighted by molar-refractivity contribution is 8.03. The van der Waals surface area contributed by atoms with Gasteiger partial charge in [0.1, 0.15) is 11.2 Å². The minimum atomic E-state index is -1.04. The van der Waals surface area contributed by atoms with Gasteiger partial charge in [0.2, 0.25) is 0 Å². The third-order valence-corrected chi connectivity index (χ3v) is 8.49. The van der Waals surface area contributed by atoms with E-state index in [1.165, 1.54) is 0 Å². The van der Waals surface area contributed by atoms with E-state index in [4.69, 9.17) is 0 Å². The molecule has 0 aromatic heterocycles. The fourth-order valence-electron chi connectivity index (χ4n) is 4.08. The van der Waals surface area contributed by atoms with Gasteiger partial charge in [0.15, 0.2) is 0 Å². The van der Waals surface area contributed by atoms with Gasteiger partial charge in [0.25, 0.3) is 0 Å². The van der Waals surface area contributed by atoms with Crippen molar-refractivity contribution in [2.24, 2.45) is 0 Å². The Labute approximate surface area is 211 Å². The fraction of sp³-hybridized carbons (Fsp3) is 0.200. The Kier molecular flexibility index (Phi) is 8.52. The van der Waals surface area contributed by atoms with Gasteiger partial charge in [-0.2, -0.15) is 23.5 Å². The van der Waals surface area contributed by atoms with Gasteiger partial charge in [-0.05, 0) is 22.3 Å². The average molecular weight is 487 g/mol. The molecule has 4 rings (SSSR count). The summed E-state index contributed by atoms with van der Waals surface area (Å²) in [5, 5.41) is 23.3. The fourth-order valence-corrected chi connectivity index (χ4v) is 6.57. The van der Waals surface area contributed by atoms with Gasteiger partial charge in [-0.15, -0.1) is 0 Å². The molecule has 0 aliphatic heterocycles. The molecule has 4 aromatic rings. The molecular weight excluding hydrogens is 456 g/mol. The van der Waals surface area contributed by atoms with Crippen molar-refractivity contribution in [3.63, 3.8) is 0 Å². The molecule has 2 nitrogen and oxygen atoms in total. The number of hydrogen-bond acceptors (Lipinski definition) is 4. The third-order valence-electron chi connectivity index (χ3n) is 6.00. The molecule has 0 spiro atoms. The number of hydrogen-bond donors (Lipinski definition) is 2. The van der Waals surface area contributed by atoms with E-state index < -0.39 is 11.2 Å². The molecule has 2 N–H and O–H groups in total. The van der Waals surface area contributed by atoms with Gasteiger partial charge in [0, 0.05) is 23.0 Å². The van der Waals surface area contributed by atoms with Gasteiger partial charge in [-0.1, -0.05) is 121 Å². The van der Waals surface area contributed by atoms with E-state index >= 15 is 0 Å². The Balaban J connectivity index is 1.38. The summed E-state index contributed by atoms with van der Waals surface area (Å²) in [4.78, 5) is 0. The highest BCUT2D eigenvalue weighted by Crippen LogP contribution is 2.35. The van der Waals surface area contributed by atoms with E-state index in [0.717, 1.165) is 33.8 Å². The zero-order valence-electron chi connectivity index (χ0n) is 19.1. The van der Waals surface area contributed by atoms with Crippen LogP contribution < -0.4 is 0 Å². The average Bonchev–Trinajstić information content (AvgIpc) is 2.92. The molecule has 0 aliphatic rings. The van der Waals surface area contributed by atoms with Crippen LogP contribution in [0.25, 0.3) is 0 Å². The van der Waals surface area contributed by atoms with Crippen LogP contribution in [-0.2, 0) is 11.2 Å². The van der Waals surface area contributed by atoms with Gasteiger partial charge >= 0.3 is 0 Å². The third kappa shape index (κ3) is 5.76. The monoisotopic (exact) mass is 486 g/mol. The zero-order valence-corrected chi connectivity index (χ0v) is 20.7. The van der Waals surface area contributed by atoms with Crippen molar-refractivity contribution < 1.29 is 10.2 Å². The van der Waals surface area contributed by atoms with Crippen LogP contribution in [-0.4, -0.2) is 33.2 Å². The van der Waals surface area contributed by atoms with E-state index in [2.05, 4.69) is 0 Å². The summed E-state index contributed by atoms with van der Waals surface area (Å²) >= 11 is 3.48. The minimum absolute atomic E-state index is 0.573. The van der Waals surface area contributed by atoms with Crippen LogP contribution in [0.5, 0.6) is 0 Å². The number of benzene rings is 4. The zero-order chi connectivity index (χ0) is 23.7. The summed E-state index contributed by atoms with van der Waals surface area (Å²) in [6.45, 7) is 0. The Morgan fingerprint density at radius 1 is 0.412 bits per heavy atom. The topological polar surface area (TPSA) is 40.5 Å². The summed E-state index contributed by atoms with van der Waals surface area (Å²) < 4.78 is 0. The number of rotatable bonds is 11. The second kappa shape index (κ2) is 11.8. The maximum atomic E-state index is 11.7. The second-order valence-corrected chi connectivity index (χ2v) is 10.5. The van der Waals surface area contributed by atoms with Crippen LogP contribution in [0.2, 0.25) is 0 Å².